The maximum Gasteiger partial charge on any atom is 0.213 e. The maximum absolute atomic E-state index is 5.87. The zero-order valence-corrected chi connectivity index (χ0v) is 14.2. The normalized spacial score (nSPS) is 15.7. The summed E-state index contributed by atoms with van der Waals surface area (Å²) in [6.45, 7) is 4.84. The molecule has 0 unspecified atom stereocenters. The molecular weight excluding hydrogens is 292 g/mol. The number of hydrogen-bond donors (Lipinski definition) is 2. The third kappa shape index (κ3) is 6.44. The maximum atomic E-state index is 5.87. The molecule has 0 amide bonds. The number of rotatable bonds is 8. The van der Waals surface area contributed by atoms with Gasteiger partial charge in [-0.25, -0.2) is 9.98 Å². The van der Waals surface area contributed by atoms with E-state index in [0.29, 0.717) is 19.3 Å². The van der Waals surface area contributed by atoms with Gasteiger partial charge < -0.3 is 20.1 Å². The Kier molecular flexibility index (Phi) is 7.66. The van der Waals surface area contributed by atoms with Gasteiger partial charge in [0.05, 0.1) is 13.2 Å². The topological polar surface area (TPSA) is 67.8 Å². The molecule has 0 radical (unpaired) electrons. The fraction of sp³-hybridized carbons (Fsp3) is 0.647. The first-order valence-corrected chi connectivity index (χ1v) is 8.44. The van der Waals surface area contributed by atoms with Crippen molar-refractivity contribution in [3.63, 3.8) is 0 Å². The second-order valence-electron chi connectivity index (χ2n) is 5.64. The molecule has 2 N–H and O–H groups in total. The highest BCUT2D eigenvalue weighted by Crippen LogP contribution is 2.22. The standard InChI is InChI=1S/C17H28N4O2/c1-3-18-17(19-10-11-22-2)21-13-14-8-9-16(20-12-14)23-15-6-4-5-7-15/h8-9,12,15H,3-7,10-11,13H2,1-2H3,(H2,18,19,21). The number of methoxy groups -OCH3 is 1. The quantitative estimate of drug-likeness (QED) is 0.436. The van der Waals surface area contributed by atoms with Crippen molar-refractivity contribution in [3.8, 4) is 5.88 Å². The fourth-order valence-electron chi connectivity index (χ4n) is 2.53. The summed E-state index contributed by atoms with van der Waals surface area (Å²) >= 11 is 0. The summed E-state index contributed by atoms with van der Waals surface area (Å²) in [4.78, 5) is 8.94. The van der Waals surface area contributed by atoms with Crippen LogP contribution in [-0.4, -0.2) is 43.9 Å². The molecule has 1 fully saturated rings. The second kappa shape index (κ2) is 10.0. The molecule has 0 bridgehead atoms. The molecule has 6 heteroatoms. The number of nitrogens with zero attached hydrogens (tertiary/aromatic N) is 2. The van der Waals surface area contributed by atoms with Crippen molar-refractivity contribution in [2.45, 2.75) is 45.3 Å². The SMILES string of the molecule is CCNC(=NCc1ccc(OC2CCCC2)nc1)NCCOC. The summed E-state index contributed by atoms with van der Waals surface area (Å²) in [5.41, 5.74) is 1.06. The zero-order chi connectivity index (χ0) is 16.3. The van der Waals surface area contributed by atoms with Gasteiger partial charge in [-0.2, -0.15) is 0 Å². The Labute approximate surface area is 138 Å². The molecule has 23 heavy (non-hydrogen) atoms. The third-order valence-electron chi connectivity index (χ3n) is 3.75. The molecule has 1 saturated carbocycles. The molecule has 0 spiro atoms. The number of pyridine rings is 1. The predicted octanol–water partition coefficient (Wildman–Crippen LogP) is 2.10. The summed E-state index contributed by atoms with van der Waals surface area (Å²) in [7, 11) is 1.69. The van der Waals surface area contributed by atoms with Gasteiger partial charge in [-0.15, -0.1) is 0 Å². The first kappa shape index (κ1) is 17.5. The van der Waals surface area contributed by atoms with Crippen LogP contribution in [0.3, 0.4) is 0 Å². The molecule has 128 valence electrons. The van der Waals surface area contributed by atoms with Crippen LogP contribution in [0.1, 0.15) is 38.2 Å². The lowest BCUT2D eigenvalue weighted by Gasteiger charge is -2.12. The van der Waals surface area contributed by atoms with Crippen LogP contribution >= 0.6 is 0 Å². The van der Waals surface area contributed by atoms with E-state index in [1.165, 1.54) is 12.8 Å². The number of nitrogens with one attached hydrogen (secondary N) is 2. The van der Waals surface area contributed by atoms with Gasteiger partial charge in [0.2, 0.25) is 5.88 Å². The third-order valence-corrected chi connectivity index (χ3v) is 3.75. The summed E-state index contributed by atoms with van der Waals surface area (Å²) in [6.07, 6.45) is 7.00. The molecule has 1 aromatic heterocycles. The average molecular weight is 320 g/mol. The molecular formula is C17H28N4O2. The molecule has 1 aliphatic carbocycles. The van der Waals surface area contributed by atoms with Crippen molar-refractivity contribution in [2.24, 2.45) is 4.99 Å². The van der Waals surface area contributed by atoms with Gasteiger partial charge in [0.15, 0.2) is 5.96 Å². The molecule has 2 rings (SSSR count). The Morgan fingerprint density at radius 3 is 2.78 bits per heavy atom. The van der Waals surface area contributed by atoms with Crippen molar-refractivity contribution in [1.82, 2.24) is 15.6 Å². The van der Waals surface area contributed by atoms with Crippen LogP contribution < -0.4 is 15.4 Å². The zero-order valence-electron chi connectivity index (χ0n) is 14.2. The number of aromatic nitrogens is 1. The highest BCUT2D eigenvalue weighted by molar-refractivity contribution is 5.79. The average Bonchev–Trinajstić information content (AvgIpc) is 3.07. The van der Waals surface area contributed by atoms with Gasteiger partial charge >= 0.3 is 0 Å². The van der Waals surface area contributed by atoms with Crippen molar-refractivity contribution in [3.05, 3.63) is 23.9 Å². The van der Waals surface area contributed by atoms with Gasteiger partial charge in [-0.3, -0.25) is 0 Å². The summed E-state index contributed by atoms with van der Waals surface area (Å²) in [6, 6.07) is 3.97. The smallest absolute Gasteiger partial charge is 0.213 e. The van der Waals surface area contributed by atoms with E-state index in [1.54, 1.807) is 7.11 Å². The molecule has 0 aromatic carbocycles. The molecule has 6 nitrogen and oxygen atoms in total. The molecule has 1 aliphatic rings. The van der Waals surface area contributed by atoms with E-state index in [1.807, 2.05) is 25.3 Å². The molecule has 0 atom stereocenters. The van der Waals surface area contributed by atoms with Gasteiger partial charge in [0, 0.05) is 32.5 Å². The van der Waals surface area contributed by atoms with Crippen LogP contribution in [0.5, 0.6) is 5.88 Å². The van der Waals surface area contributed by atoms with E-state index in [0.717, 1.165) is 43.3 Å². The van der Waals surface area contributed by atoms with Gasteiger partial charge in [0.25, 0.3) is 0 Å². The van der Waals surface area contributed by atoms with Crippen LogP contribution in [0.2, 0.25) is 0 Å². The van der Waals surface area contributed by atoms with Crippen molar-refractivity contribution in [1.29, 1.82) is 0 Å². The molecule has 0 aliphatic heterocycles. The van der Waals surface area contributed by atoms with Crippen LogP contribution in [0.25, 0.3) is 0 Å². The van der Waals surface area contributed by atoms with Crippen LogP contribution in [0, 0.1) is 0 Å². The highest BCUT2D eigenvalue weighted by Gasteiger charge is 2.16. The summed E-state index contributed by atoms with van der Waals surface area (Å²) < 4.78 is 10.9. The first-order valence-electron chi connectivity index (χ1n) is 8.44. The van der Waals surface area contributed by atoms with Gasteiger partial charge in [-0.05, 0) is 38.2 Å². The Morgan fingerprint density at radius 1 is 1.30 bits per heavy atom. The van der Waals surface area contributed by atoms with Crippen LogP contribution in [0.4, 0.5) is 0 Å². The van der Waals surface area contributed by atoms with Crippen molar-refractivity contribution in [2.75, 3.05) is 26.8 Å². The lowest BCUT2D eigenvalue weighted by Crippen LogP contribution is -2.38. The first-order chi connectivity index (χ1) is 11.3. The molecule has 1 heterocycles. The van der Waals surface area contributed by atoms with E-state index in [4.69, 9.17) is 9.47 Å². The number of guanidine groups is 1. The molecule has 1 aromatic rings. The Bertz CT molecular complexity index is 470. The van der Waals surface area contributed by atoms with E-state index >= 15 is 0 Å². The highest BCUT2D eigenvalue weighted by atomic mass is 16.5. The van der Waals surface area contributed by atoms with E-state index in [2.05, 4.69) is 20.6 Å². The Balaban J connectivity index is 1.83. The van der Waals surface area contributed by atoms with Gasteiger partial charge in [-0.1, -0.05) is 6.07 Å². The van der Waals surface area contributed by atoms with Crippen molar-refractivity contribution < 1.29 is 9.47 Å². The Hall–Kier alpha value is -1.82. The summed E-state index contributed by atoms with van der Waals surface area (Å²) in [5, 5.41) is 6.43. The lowest BCUT2D eigenvalue weighted by molar-refractivity contribution is 0.201. The van der Waals surface area contributed by atoms with Gasteiger partial charge in [0.1, 0.15) is 6.10 Å². The van der Waals surface area contributed by atoms with E-state index in [-0.39, 0.29) is 0 Å². The van der Waals surface area contributed by atoms with E-state index in [9.17, 15) is 0 Å². The number of aliphatic imine (C=N–C) groups is 1. The summed E-state index contributed by atoms with van der Waals surface area (Å²) in [5.74, 6) is 1.51. The monoisotopic (exact) mass is 320 g/mol. The predicted molar refractivity (Wildman–Crippen MR) is 91.8 cm³/mol. The largest absolute Gasteiger partial charge is 0.474 e. The number of hydrogen-bond acceptors (Lipinski definition) is 4. The lowest BCUT2D eigenvalue weighted by atomic mass is 10.3. The second-order valence-corrected chi connectivity index (χ2v) is 5.64. The van der Waals surface area contributed by atoms with E-state index < -0.39 is 0 Å². The van der Waals surface area contributed by atoms with Crippen molar-refractivity contribution >= 4 is 5.96 Å². The minimum Gasteiger partial charge on any atom is -0.474 e. The van der Waals surface area contributed by atoms with Crippen LogP contribution in [-0.2, 0) is 11.3 Å². The van der Waals surface area contributed by atoms with Crippen LogP contribution in [0.15, 0.2) is 23.3 Å². The Morgan fingerprint density at radius 2 is 2.13 bits per heavy atom. The number of ether oxygens (including phenoxy) is 2. The fourth-order valence-corrected chi connectivity index (χ4v) is 2.53. The molecule has 0 saturated heterocycles. The minimum absolute atomic E-state index is 0.344. The minimum atomic E-state index is 0.344.